The molecular formula is C23H25N5O2S. The lowest BCUT2D eigenvalue weighted by molar-refractivity contribution is -0.127. The maximum atomic E-state index is 12.6. The molecule has 1 aromatic carbocycles. The van der Waals surface area contributed by atoms with Crippen LogP contribution < -0.4 is 4.74 Å². The van der Waals surface area contributed by atoms with Crippen molar-refractivity contribution in [3.8, 4) is 5.75 Å². The van der Waals surface area contributed by atoms with Gasteiger partial charge in [-0.3, -0.25) is 14.9 Å². The van der Waals surface area contributed by atoms with Crippen molar-refractivity contribution in [2.75, 3.05) is 13.1 Å². The van der Waals surface area contributed by atoms with Gasteiger partial charge in [0.25, 0.3) is 0 Å². The Kier molecular flexibility index (Phi) is 6.57. The summed E-state index contributed by atoms with van der Waals surface area (Å²) in [4.78, 5) is 18.5. The third kappa shape index (κ3) is 5.27. The monoisotopic (exact) mass is 435 g/mol. The molecule has 0 spiro atoms. The highest BCUT2D eigenvalue weighted by molar-refractivity contribution is 7.71. The van der Waals surface area contributed by atoms with Gasteiger partial charge in [0.2, 0.25) is 5.91 Å². The molecule has 0 aliphatic carbocycles. The first-order valence-electron chi connectivity index (χ1n) is 10.3. The number of aromatic nitrogens is 4. The van der Waals surface area contributed by atoms with Gasteiger partial charge in [-0.1, -0.05) is 18.2 Å². The van der Waals surface area contributed by atoms with Gasteiger partial charge in [-0.05, 0) is 54.9 Å². The lowest BCUT2D eigenvalue weighted by Crippen LogP contribution is -2.37. The van der Waals surface area contributed by atoms with E-state index >= 15 is 0 Å². The van der Waals surface area contributed by atoms with Crippen molar-refractivity contribution in [1.29, 1.82) is 0 Å². The summed E-state index contributed by atoms with van der Waals surface area (Å²) in [7, 11) is 1.93. The smallest absolute Gasteiger partial charge is 0.246 e. The minimum Gasteiger partial charge on any atom is -0.489 e. The van der Waals surface area contributed by atoms with Crippen LogP contribution in [-0.4, -0.2) is 43.6 Å². The summed E-state index contributed by atoms with van der Waals surface area (Å²) >= 11 is 5.19. The molecule has 0 bridgehead atoms. The quantitative estimate of drug-likeness (QED) is 0.470. The zero-order valence-electron chi connectivity index (χ0n) is 17.4. The number of carbonyl (C=O) groups is 1. The molecule has 1 aliphatic heterocycles. The number of H-pyrrole nitrogens is 1. The average Bonchev–Trinajstić information content (AvgIpc) is 3.15. The summed E-state index contributed by atoms with van der Waals surface area (Å²) in [5, 5.41) is 7.18. The van der Waals surface area contributed by atoms with Crippen molar-refractivity contribution < 1.29 is 9.53 Å². The Morgan fingerprint density at radius 2 is 2.03 bits per heavy atom. The highest BCUT2D eigenvalue weighted by Crippen LogP contribution is 2.26. The normalized spacial score (nSPS) is 14.8. The molecule has 3 heterocycles. The highest BCUT2D eigenvalue weighted by atomic mass is 32.1. The van der Waals surface area contributed by atoms with Gasteiger partial charge in [0.05, 0.1) is 0 Å². The fourth-order valence-electron chi connectivity index (χ4n) is 3.68. The number of piperidine rings is 1. The van der Waals surface area contributed by atoms with Gasteiger partial charge in [-0.15, -0.1) is 0 Å². The average molecular weight is 436 g/mol. The van der Waals surface area contributed by atoms with E-state index < -0.39 is 0 Å². The Labute approximate surface area is 186 Å². The van der Waals surface area contributed by atoms with Gasteiger partial charge < -0.3 is 14.2 Å². The molecule has 1 N–H and O–H groups in total. The first kappa shape index (κ1) is 21.0. The van der Waals surface area contributed by atoms with Crippen LogP contribution in [0.1, 0.15) is 35.7 Å². The van der Waals surface area contributed by atoms with Crippen molar-refractivity contribution >= 4 is 24.2 Å². The van der Waals surface area contributed by atoms with Crippen LogP contribution in [0.4, 0.5) is 0 Å². The molecule has 1 fully saturated rings. The number of benzene rings is 1. The number of hydrogen-bond donors (Lipinski definition) is 1. The molecular weight excluding hydrogens is 410 g/mol. The zero-order chi connectivity index (χ0) is 21.6. The third-order valence-electron chi connectivity index (χ3n) is 5.51. The van der Waals surface area contributed by atoms with Crippen molar-refractivity contribution in [1.82, 2.24) is 24.6 Å². The number of rotatable bonds is 6. The van der Waals surface area contributed by atoms with Crippen LogP contribution in [0.25, 0.3) is 6.08 Å². The summed E-state index contributed by atoms with van der Waals surface area (Å²) in [6.45, 7) is 1.91. The van der Waals surface area contributed by atoms with E-state index in [1.165, 1.54) is 0 Å². The number of aromatic amines is 1. The molecule has 0 radical (unpaired) electrons. The number of ether oxygens (including phenoxy) is 1. The van der Waals surface area contributed by atoms with Gasteiger partial charge in [0, 0.05) is 50.1 Å². The number of pyridine rings is 1. The van der Waals surface area contributed by atoms with E-state index in [1.54, 1.807) is 18.5 Å². The lowest BCUT2D eigenvalue weighted by atomic mass is 9.96. The highest BCUT2D eigenvalue weighted by Gasteiger charge is 2.25. The van der Waals surface area contributed by atoms with Gasteiger partial charge in [0.15, 0.2) is 4.77 Å². The van der Waals surface area contributed by atoms with Crippen LogP contribution in [0, 0.1) is 4.77 Å². The minimum absolute atomic E-state index is 0.0331. The first-order valence-corrected chi connectivity index (χ1v) is 10.7. The van der Waals surface area contributed by atoms with E-state index in [0.717, 1.165) is 35.5 Å². The molecule has 4 rings (SSSR count). The maximum Gasteiger partial charge on any atom is 0.246 e. The van der Waals surface area contributed by atoms with E-state index in [4.69, 9.17) is 17.0 Å². The molecule has 1 amide bonds. The molecule has 3 aromatic rings. The largest absolute Gasteiger partial charge is 0.489 e. The van der Waals surface area contributed by atoms with E-state index in [9.17, 15) is 4.79 Å². The van der Waals surface area contributed by atoms with Crippen molar-refractivity contribution in [2.24, 2.45) is 7.05 Å². The molecule has 0 atom stereocenters. The summed E-state index contributed by atoms with van der Waals surface area (Å²) < 4.78 is 8.32. The Morgan fingerprint density at radius 3 is 2.68 bits per heavy atom. The fourth-order valence-corrected chi connectivity index (χ4v) is 3.82. The minimum atomic E-state index is 0.0331. The van der Waals surface area contributed by atoms with Crippen molar-refractivity contribution in [3.63, 3.8) is 0 Å². The van der Waals surface area contributed by atoms with Crippen molar-refractivity contribution in [3.05, 3.63) is 76.6 Å². The Hall–Kier alpha value is -3.26. The van der Waals surface area contributed by atoms with E-state index in [2.05, 4.69) is 15.2 Å². The van der Waals surface area contributed by atoms with Crippen LogP contribution in [0.5, 0.6) is 5.75 Å². The van der Waals surface area contributed by atoms with Crippen LogP contribution in [0.2, 0.25) is 0 Å². The molecule has 8 heteroatoms. The van der Waals surface area contributed by atoms with Crippen LogP contribution in [0.15, 0.2) is 54.9 Å². The summed E-state index contributed by atoms with van der Waals surface area (Å²) in [5.41, 5.74) is 1.98. The summed E-state index contributed by atoms with van der Waals surface area (Å²) in [5.74, 6) is 2.11. The van der Waals surface area contributed by atoms with E-state index in [-0.39, 0.29) is 5.91 Å². The van der Waals surface area contributed by atoms with Gasteiger partial charge >= 0.3 is 0 Å². The van der Waals surface area contributed by atoms with Gasteiger partial charge in [-0.2, -0.15) is 5.10 Å². The molecule has 1 aliphatic rings. The number of nitrogens with zero attached hydrogens (tertiary/aromatic N) is 4. The van der Waals surface area contributed by atoms with Gasteiger partial charge in [0.1, 0.15) is 18.2 Å². The van der Waals surface area contributed by atoms with Crippen molar-refractivity contribution in [2.45, 2.75) is 25.4 Å². The standard InChI is InChI=1S/C23H25N5O2S/c1-27-22(25-26-23(27)31)19-10-13-28(14-11-19)21(29)9-6-17-4-7-20(8-5-17)30-16-18-3-2-12-24-15-18/h2-9,12,15,19H,10-11,13-14,16H2,1H3,(H,26,31)/b9-6+. The fraction of sp³-hybridized carbons (Fsp3) is 0.304. The third-order valence-corrected chi connectivity index (χ3v) is 5.88. The van der Waals surface area contributed by atoms with Gasteiger partial charge in [-0.25, -0.2) is 0 Å². The Balaban J connectivity index is 1.27. The second-order valence-corrected chi connectivity index (χ2v) is 7.98. The molecule has 7 nitrogen and oxygen atoms in total. The first-order chi connectivity index (χ1) is 15.1. The molecule has 0 saturated carbocycles. The number of hydrogen-bond acceptors (Lipinski definition) is 5. The van der Waals surface area contributed by atoms with E-state index in [0.29, 0.717) is 30.4 Å². The maximum absolute atomic E-state index is 12.6. The van der Waals surface area contributed by atoms with Crippen LogP contribution in [-0.2, 0) is 18.4 Å². The second kappa shape index (κ2) is 9.70. The summed E-state index contributed by atoms with van der Waals surface area (Å²) in [6.07, 6.45) is 8.78. The molecule has 31 heavy (non-hydrogen) atoms. The molecule has 2 aromatic heterocycles. The number of amides is 1. The lowest BCUT2D eigenvalue weighted by Gasteiger charge is -2.30. The second-order valence-electron chi connectivity index (χ2n) is 7.60. The van der Waals surface area contributed by atoms with Crippen LogP contribution in [0.3, 0.4) is 0 Å². The zero-order valence-corrected chi connectivity index (χ0v) is 18.2. The molecule has 1 saturated heterocycles. The predicted molar refractivity (Wildman–Crippen MR) is 121 cm³/mol. The Morgan fingerprint density at radius 1 is 1.26 bits per heavy atom. The predicted octanol–water partition coefficient (Wildman–Crippen LogP) is 3.87. The van der Waals surface area contributed by atoms with Crippen LogP contribution >= 0.6 is 12.2 Å². The topological polar surface area (TPSA) is 76.0 Å². The number of nitrogens with one attached hydrogen (secondary N) is 1. The Bertz CT molecular complexity index is 1100. The summed E-state index contributed by atoms with van der Waals surface area (Å²) in [6, 6.07) is 11.6. The molecule has 160 valence electrons. The number of carbonyl (C=O) groups excluding carboxylic acids is 1. The SMILES string of the molecule is Cn1c(C2CCN(C(=O)/C=C/c3ccc(OCc4cccnc4)cc3)CC2)n[nH]c1=S. The molecule has 0 unspecified atom stereocenters. The number of likely N-dealkylation sites (tertiary alicyclic amines) is 1. The van der Waals surface area contributed by atoms with E-state index in [1.807, 2.05) is 59.0 Å².